The lowest BCUT2D eigenvalue weighted by molar-refractivity contribution is 0.152. The van der Waals surface area contributed by atoms with Gasteiger partial charge in [0.2, 0.25) is 0 Å². The minimum atomic E-state index is 0.753. The van der Waals surface area contributed by atoms with Crippen LogP contribution in [0.5, 0.6) is 0 Å². The molecule has 2 aliphatic rings. The largest absolute Gasteiger partial charge is 0.301 e. The molecule has 0 aromatic heterocycles. The second-order valence-corrected chi connectivity index (χ2v) is 6.04. The van der Waals surface area contributed by atoms with Crippen LogP contribution < -0.4 is 0 Å². The summed E-state index contributed by atoms with van der Waals surface area (Å²) in [6.07, 6.45) is 12.0. The van der Waals surface area contributed by atoms with E-state index in [0.29, 0.717) is 0 Å². The maximum atomic E-state index is 2.68. The van der Waals surface area contributed by atoms with Gasteiger partial charge in [0.15, 0.2) is 0 Å². The van der Waals surface area contributed by atoms with Crippen molar-refractivity contribution in [2.75, 3.05) is 13.1 Å². The number of hydrogen-bond donors (Lipinski definition) is 0. The molecular weight excluding hydrogens is 182 g/mol. The Morgan fingerprint density at radius 2 is 1.47 bits per heavy atom. The van der Waals surface area contributed by atoms with E-state index < -0.39 is 0 Å². The summed E-state index contributed by atoms with van der Waals surface area (Å²) in [6.45, 7) is 7.40. The number of nitrogens with zero attached hydrogens (tertiary/aromatic N) is 1. The van der Waals surface area contributed by atoms with Crippen LogP contribution in [0.15, 0.2) is 0 Å². The topological polar surface area (TPSA) is 3.24 Å². The summed E-state index contributed by atoms with van der Waals surface area (Å²) in [4.78, 5) is 2.68. The Kier molecular flexibility index (Phi) is 3.71. The van der Waals surface area contributed by atoms with Crippen LogP contribution in [-0.4, -0.2) is 24.0 Å². The maximum absolute atomic E-state index is 2.68. The molecule has 0 unspecified atom stereocenters. The SMILES string of the molecule is CC(C)N1CCCC2(CCCCC2)CC1. The highest BCUT2D eigenvalue weighted by atomic mass is 15.1. The first kappa shape index (κ1) is 11.4. The van der Waals surface area contributed by atoms with Crippen LogP contribution in [0, 0.1) is 5.41 Å². The maximum Gasteiger partial charge on any atom is 0.00385 e. The third kappa shape index (κ3) is 2.75. The molecule has 15 heavy (non-hydrogen) atoms. The molecule has 1 aliphatic carbocycles. The highest BCUT2D eigenvalue weighted by Crippen LogP contribution is 2.44. The lowest BCUT2D eigenvalue weighted by atomic mass is 9.69. The quantitative estimate of drug-likeness (QED) is 0.634. The molecule has 1 nitrogen and oxygen atoms in total. The summed E-state index contributed by atoms with van der Waals surface area (Å²) >= 11 is 0. The average molecular weight is 209 g/mol. The van der Waals surface area contributed by atoms with E-state index in [9.17, 15) is 0 Å². The Hall–Kier alpha value is -0.0400. The highest BCUT2D eigenvalue weighted by molar-refractivity contribution is 4.86. The fraction of sp³-hybridized carbons (Fsp3) is 1.00. The minimum Gasteiger partial charge on any atom is -0.301 e. The summed E-state index contributed by atoms with van der Waals surface area (Å²) in [6, 6.07) is 0.753. The fourth-order valence-corrected chi connectivity index (χ4v) is 3.59. The van der Waals surface area contributed by atoms with Gasteiger partial charge in [-0.1, -0.05) is 19.3 Å². The lowest BCUT2D eigenvalue weighted by Gasteiger charge is -2.36. The van der Waals surface area contributed by atoms with Crippen molar-refractivity contribution in [3.63, 3.8) is 0 Å². The Bertz CT molecular complexity index is 192. The summed E-state index contributed by atoms with van der Waals surface area (Å²) in [5.74, 6) is 0. The summed E-state index contributed by atoms with van der Waals surface area (Å²) in [7, 11) is 0. The standard InChI is InChI=1S/C14H27N/c1-13(2)15-11-6-9-14(10-12-15)7-4-3-5-8-14/h13H,3-12H2,1-2H3. The minimum absolute atomic E-state index is 0.753. The van der Waals surface area contributed by atoms with Gasteiger partial charge in [0.05, 0.1) is 0 Å². The summed E-state index contributed by atoms with van der Waals surface area (Å²) in [5.41, 5.74) is 0.766. The zero-order valence-electron chi connectivity index (χ0n) is 10.6. The van der Waals surface area contributed by atoms with Crippen molar-refractivity contribution in [2.24, 2.45) is 5.41 Å². The van der Waals surface area contributed by atoms with Crippen LogP contribution in [-0.2, 0) is 0 Å². The van der Waals surface area contributed by atoms with Crippen molar-refractivity contribution >= 4 is 0 Å². The molecule has 1 aliphatic heterocycles. The van der Waals surface area contributed by atoms with Crippen molar-refractivity contribution in [1.29, 1.82) is 0 Å². The fourth-order valence-electron chi connectivity index (χ4n) is 3.59. The first-order chi connectivity index (χ1) is 7.22. The van der Waals surface area contributed by atoms with E-state index in [1.165, 1.54) is 64.5 Å². The van der Waals surface area contributed by atoms with Gasteiger partial charge >= 0.3 is 0 Å². The predicted octanol–water partition coefficient (Wildman–Crippen LogP) is 3.83. The third-order valence-corrected chi connectivity index (χ3v) is 4.73. The third-order valence-electron chi connectivity index (χ3n) is 4.73. The summed E-state index contributed by atoms with van der Waals surface area (Å²) < 4.78 is 0. The van der Waals surface area contributed by atoms with Crippen LogP contribution in [0.4, 0.5) is 0 Å². The Balaban J connectivity index is 1.93. The van der Waals surface area contributed by atoms with Crippen LogP contribution in [0.1, 0.15) is 65.2 Å². The van der Waals surface area contributed by atoms with E-state index in [-0.39, 0.29) is 0 Å². The zero-order valence-corrected chi connectivity index (χ0v) is 10.6. The number of hydrogen-bond acceptors (Lipinski definition) is 1. The molecule has 2 rings (SSSR count). The molecule has 0 radical (unpaired) electrons. The van der Waals surface area contributed by atoms with Gasteiger partial charge in [-0.25, -0.2) is 0 Å². The molecule has 88 valence electrons. The van der Waals surface area contributed by atoms with Crippen molar-refractivity contribution in [3.8, 4) is 0 Å². The number of likely N-dealkylation sites (tertiary alicyclic amines) is 1. The molecule has 1 spiro atoms. The molecule has 1 saturated heterocycles. The van der Waals surface area contributed by atoms with Gasteiger partial charge in [-0.3, -0.25) is 0 Å². The van der Waals surface area contributed by atoms with Crippen LogP contribution >= 0.6 is 0 Å². The van der Waals surface area contributed by atoms with Gasteiger partial charge in [0.25, 0.3) is 0 Å². The molecule has 2 fully saturated rings. The van der Waals surface area contributed by atoms with Gasteiger partial charge in [-0.05, 0) is 64.5 Å². The van der Waals surface area contributed by atoms with Crippen LogP contribution in [0.2, 0.25) is 0 Å². The molecular formula is C14H27N. The van der Waals surface area contributed by atoms with Crippen molar-refractivity contribution in [2.45, 2.75) is 71.3 Å². The Labute approximate surface area is 95.2 Å². The van der Waals surface area contributed by atoms with E-state index in [4.69, 9.17) is 0 Å². The van der Waals surface area contributed by atoms with E-state index in [1.807, 2.05) is 0 Å². The second kappa shape index (κ2) is 4.86. The molecule has 0 amide bonds. The highest BCUT2D eigenvalue weighted by Gasteiger charge is 2.33. The normalized spacial score (nSPS) is 28.2. The smallest absolute Gasteiger partial charge is 0.00385 e. The molecule has 0 N–H and O–H groups in total. The zero-order chi connectivity index (χ0) is 10.7. The Morgan fingerprint density at radius 3 is 2.13 bits per heavy atom. The summed E-state index contributed by atoms with van der Waals surface area (Å²) in [5, 5.41) is 0. The van der Waals surface area contributed by atoms with Gasteiger partial charge in [0, 0.05) is 6.04 Å². The molecule has 0 aromatic carbocycles. The van der Waals surface area contributed by atoms with E-state index in [2.05, 4.69) is 18.7 Å². The first-order valence-corrected chi connectivity index (χ1v) is 6.96. The monoisotopic (exact) mass is 209 g/mol. The molecule has 0 bridgehead atoms. The molecule has 0 aromatic rings. The molecule has 0 atom stereocenters. The first-order valence-electron chi connectivity index (χ1n) is 6.96. The van der Waals surface area contributed by atoms with Crippen molar-refractivity contribution in [3.05, 3.63) is 0 Å². The molecule has 1 heteroatoms. The lowest BCUT2D eigenvalue weighted by Crippen LogP contribution is -2.33. The average Bonchev–Trinajstić information content (AvgIpc) is 2.43. The predicted molar refractivity (Wildman–Crippen MR) is 66.1 cm³/mol. The van der Waals surface area contributed by atoms with Gasteiger partial charge in [0.1, 0.15) is 0 Å². The molecule has 1 saturated carbocycles. The second-order valence-electron chi connectivity index (χ2n) is 6.04. The molecule has 1 heterocycles. The van der Waals surface area contributed by atoms with Gasteiger partial charge in [-0.2, -0.15) is 0 Å². The van der Waals surface area contributed by atoms with E-state index >= 15 is 0 Å². The van der Waals surface area contributed by atoms with Gasteiger partial charge in [-0.15, -0.1) is 0 Å². The van der Waals surface area contributed by atoms with Crippen LogP contribution in [0.25, 0.3) is 0 Å². The van der Waals surface area contributed by atoms with Crippen LogP contribution in [0.3, 0.4) is 0 Å². The van der Waals surface area contributed by atoms with E-state index in [1.54, 1.807) is 0 Å². The van der Waals surface area contributed by atoms with E-state index in [0.717, 1.165) is 11.5 Å². The van der Waals surface area contributed by atoms with Gasteiger partial charge < -0.3 is 4.90 Å². The van der Waals surface area contributed by atoms with Crippen molar-refractivity contribution < 1.29 is 0 Å². The number of rotatable bonds is 1. The Morgan fingerprint density at radius 1 is 0.800 bits per heavy atom. The van der Waals surface area contributed by atoms with Crippen molar-refractivity contribution in [1.82, 2.24) is 4.90 Å².